The first-order valence-corrected chi connectivity index (χ1v) is 5.32. The molecule has 94 valence electrons. The molecule has 1 atom stereocenters. The molecular weight excluding hydrogens is 235 g/mol. The molecule has 5 nitrogen and oxygen atoms in total. The SMILES string of the molecule is COc1nccnc1C(NN)c1ccc(F)cc1. The summed E-state index contributed by atoms with van der Waals surface area (Å²) in [6.45, 7) is 0. The highest BCUT2D eigenvalue weighted by atomic mass is 19.1. The van der Waals surface area contributed by atoms with Crippen LogP contribution in [0.25, 0.3) is 0 Å². The third kappa shape index (κ3) is 2.44. The minimum Gasteiger partial charge on any atom is -0.480 e. The van der Waals surface area contributed by atoms with Crippen LogP contribution < -0.4 is 16.0 Å². The summed E-state index contributed by atoms with van der Waals surface area (Å²) in [6, 6.07) is 5.58. The number of hydrogen-bond donors (Lipinski definition) is 2. The Bertz CT molecular complexity index is 518. The van der Waals surface area contributed by atoms with Crippen LogP contribution in [-0.2, 0) is 0 Å². The number of nitrogens with zero attached hydrogens (tertiary/aromatic N) is 2. The molecule has 0 aliphatic heterocycles. The topological polar surface area (TPSA) is 73.1 Å². The van der Waals surface area contributed by atoms with Crippen molar-refractivity contribution in [3.63, 3.8) is 0 Å². The number of rotatable bonds is 4. The van der Waals surface area contributed by atoms with Crippen molar-refractivity contribution in [1.82, 2.24) is 15.4 Å². The molecule has 0 aliphatic carbocycles. The normalized spacial score (nSPS) is 12.2. The highest BCUT2D eigenvalue weighted by molar-refractivity contribution is 5.32. The lowest BCUT2D eigenvalue weighted by Crippen LogP contribution is -2.30. The van der Waals surface area contributed by atoms with Gasteiger partial charge in [0.25, 0.3) is 0 Å². The quantitative estimate of drug-likeness (QED) is 0.628. The van der Waals surface area contributed by atoms with Crippen LogP contribution in [0.4, 0.5) is 4.39 Å². The molecule has 0 fully saturated rings. The van der Waals surface area contributed by atoms with Crippen LogP contribution in [0, 0.1) is 5.82 Å². The Morgan fingerprint density at radius 3 is 2.50 bits per heavy atom. The Kier molecular flexibility index (Phi) is 3.81. The van der Waals surface area contributed by atoms with Gasteiger partial charge in [-0.1, -0.05) is 12.1 Å². The van der Waals surface area contributed by atoms with Gasteiger partial charge in [0.05, 0.1) is 13.2 Å². The van der Waals surface area contributed by atoms with Crippen LogP contribution in [0.2, 0.25) is 0 Å². The van der Waals surface area contributed by atoms with Gasteiger partial charge in [0.2, 0.25) is 5.88 Å². The van der Waals surface area contributed by atoms with E-state index in [0.717, 1.165) is 5.56 Å². The predicted octanol–water partition coefficient (Wildman–Crippen LogP) is 1.18. The highest BCUT2D eigenvalue weighted by Crippen LogP contribution is 2.25. The number of nitrogens with one attached hydrogen (secondary N) is 1. The van der Waals surface area contributed by atoms with Gasteiger partial charge >= 0.3 is 0 Å². The average Bonchev–Trinajstić information content (AvgIpc) is 2.42. The first kappa shape index (κ1) is 12.4. The van der Waals surface area contributed by atoms with E-state index in [1.807, 2.05) is 0 Å². The summed E-state index contributed by atoms with van der Waals surface area (Å²) in [5.41, 5.74) is 3.95. The number of ether oxygens (including phenoxy) is 1. The van der Waals surface area contributed by atoms with Gasteiger partial charge in [-0.15, -0.1) is 0 Å². The summed E-state index contributed by atoms with van der Waals surface area (Å²) < 4.78 is 18.0. The Hall–Kier alpha value is -2.05. The maximum atomic E-state index is 12.9. The summed E-state index contributed by atoms with van der Waals surface area (Å²) in [5, 5.41) is 0. The maximum Gasteiger partial charge on any atom is 0.237 e. The van der Waals surface area contributed by atoms with Crippen molar-refractivity contribution in [1.29, 1.82) is 0 Å². The number of methoxy groups -OCH3 is 1. The minimum atomic E-state index is -0.408. The molecule has 1 heterocycles. The first-order chi connectivity index (χ1) is 8.76. The Labute approximate surface area is 104 Å². The van der Waals surface area contributed by atoms with Gasteiger partial charge < -0.3 is 4.74 Å². The average molecular weight is 248 g/mol. The Balaban J connectivity index is 2.41. The van der Waals surface area contributed by atoms with Gasteiger partial charge in [0, 0.05) is 12.4 Å². The van der Waals surface area contributed by atoms with Crippen LogP contribution in [0.15, 0.2) is 36.7 Å². The van der Waals surface area contributed by atoms with E-state index < -0.39 is 6.04 Å². The first-order valence-electron chi connectivity index (χ1n) is 5.32. The molecule has 18 heavy (non-hydrogen) atoms. The molecule has 0 bridgehead atoms. The van der Waals surface area contributed by atoms with Crippen molar-refractivity contribution >= 4 is 0 Å². The van der Waals surface area contributed by atoms with E-state index in [1.165, 1.54) is 25.4 Å². The zero-order valence-electron chi connectivity index (χ0n) is 9.80. The lowest BCUT2D eigenvalue weighted by atomic mass is 10.0. The zero-order valence-corrected chi connectivity index (χ0v) is 9.80. The fraction of sp³-hybridized carbons (Fsp3) is 0.167. The molecule has 0 aliphatic rings. The second kappa shape index (κ2) is 5.52. The standard InChI is InChI=1S/C12H13FN4O/c1-18-12-11(15-6-7-16-12)10(17-14)8-2-4-9(13)5-3-8/h2-7,10,17H,14H2,1H3. The largest absolute Gasteiger partial charge is 0.480 e. The Morgan fingerprint density at radius 1 is 1.22 bits per heavy atom. The predicted molar refractivity (Wildman–Crippen MR) is 64.2 cm³/mol. The number of nitrogens with two attached hydrogens (primary N) is 1. The number of benzene rings is 1. The van der Waals surface area contributed by atoms with Crippen molar-refractivity contribution < 1.29 is 9.13 Å². The second-order valence-corrected chi connectivity index (χ2v) is 3.60. The lowest BCUT2D eigenvalue weighted by molar-refractivity contribution is 0.383. The van der Waals surface area contributed by atoms with E-state index in [1.54, 1.807) is 18.3 Å². The van der Waals surface area contributed by atoms with Crippen molar-refractivity contribution in [3.05, 3.63) is 53.7 Å². The fourth-order valence-electron chi connectivity index (χ4n) is 1.68. The lowest BCUT2D eigenvalue weighted by Gasteiger charge is -2.17. The maximum absolute atomic E-state index is 12.9. The van der Waals surface area contributed by atoms with Crippen LogP contribution in [-0.4, -0.2) is 17.1 Å². The molecule has 1 unspecified atom stereocenters. The molecule has 2 aromatic rings. The van der Waals surface area contributed by atoms with Crippen LogP contribution in [0.5, 0.6) is 5.88 Å². The van der Waals surface area contributed by atoms with Crippen molar-refractivity contribution in [2.45, 2.75) is 6.04 Å². The fourth-order valence-corrected chi connectivity index (χ4v) is 1.68. The molecule has 3 N–H and O–H groups in total. The summed E-state index contributed by atoms with van der Waals surface area (Å²) in [7, 11) is 1.51. The van der Waals surface area contributed by atoms with E-state index >= 15 is 0 Å². The molecule has 6 heteroatoms. The summed E-state index contributed by atoms with van der Waals surface area (Å²) in [6.07, 6.45) is 3.08. The molecule has 1 aromatic heterocycles. The number of hydrogen-bond acceptors (Lipinski definition) is 5. The van der Waals surface area contributed by atoms with Crippen LogP contribution in [0.3, 0.4) is 0 Å². The summed E-state index contributed by atoms with van der Waals surface area (Å²) >= 11 is 0. The van der Waals surface area contributed by atoms with E-state index in [4.69, 9.17) is 10.6 Å². The van der Waals surface area contributed by atoms with Crippen molar-refractivity contribution in [2.24, 2.45) is 5.84 Å². The molecule has 0 amide bonds. The van der Waals surface area contributed by atoms with Crippen LogP contribution in [0.1, 0.15) is 17.3 Å². The molecule has 0 spiro atoms. The summed E-state index contributed by atoms with van der Waals surface area (Å²) in [5.74, 6) is 5.61. The molecule has 0 saturated carbocycles. The van der Waals surface area contributed by atoms with Gasteiger partial charge in [-0.2, -0.15) is 0 Å². The highest BCUT2D eigenvalue weighted by Gasteiger charge is 2.19. The molecule has 0 saturated heterocycles. The molecule has 2 rings (SSSR count). The monoisotopic (exact) mass is 248 g/mol. The molecule has 0 radical (unpaired) electrons. The number of hydrazine groups is 1. The van der Waals surface area contributed by atoms with Gasteiger partial charge in [0.1, 0.15) is 11.5 Å². The van der Waals surface area contributed by atoms with Gasteiger partial charge in [-0.05, 0) is 17.7 Å². The smallest absolute Gasteiger partial charge is 0.237 e. The van der Waals surface area contributed by atoms with E-state index in [-0.39, 0.29) is 5.82 Å². The van der Waals surface area contributed by atoms with E-state index in [0.29, 0.717) is 11.6 Å². The van der Waals surface area contributed by atoms with Gasteiger partial charge in [0.15, 0.2) is 0 Å². The van der Waals surface area contributed by atoms with E-state index in [9.17, 15) is 4.39 Å². The van der Waals surface area contributed by atoms with Crippen molar-refractivity contribution in [3.8, 4) is 5.88 Å². The third-order valence-electron chi connectivity index (χ3n) is 2.53. The minimum absolute atomic E-state index is 0.305. The third-order valence-corrected chi connectivity index (χ3v) is 2.53. The number of halogens is 1. The van der Waals surface area contributed by atoms with Gasteiger partial charge in [-0.3, -0.25) is 10.8 Å². The summed E-state index contributed by atoms with van der Waals surface area (Å²) in [4.78, 5) is 8.25. The second-order valence-electron chi connectivity index (χ2n) is 3.60. The zero-order chi connectivity index (χ0) is 13.0. The molecule has 1 aromatic carbocycles. The number of aromatic nitrogens is 2. The van der Waals surface area contributed by atoms with Crippen LogP contribution >= 0.6 is 0 Å². The van der Waals surface area contributed by atoms with Crippen molar-refractivity contribution in [2.75, 3.05) is 7.11 Å². The Morgan fingerprint density at radius 2 is 1.89 bits per heavy atom. The molecular formula is C12H13FN4O. The van der Waals surface area contributed by atoms with Gasteiger partial charge in [-0.25, -0.2) is 14.8 Å². The van der Waals surface area contributed by atoms with E-state index in [2.05, 4.69) is 15.4 Å².